The van der Waals surface area contributed by atoms with Crippen LogP contribution < -0.4 is 5.32 Å². The highest BCUT2D eigenvalue weighted by molar-refractivity contribution is 7.89. The van der Waals surface area contributed by atoms with E-state index in [0.29, 0.717) is 28.2 Å². The highest BCUT2D eigenvalue weighted by atomic mass is 32.2. The van der Waals surface area contributed by atoms with E-state index in [1.165, 1.54) is 54.4 Å². The predicted octanol–water partition coefficient (Wildman–Crippen LogP) is 3.16. The van der Waals surface area contributed by atoms with E-state index in [-0.39, 0.29) is 28.9 Å². The Kier molecular flexibility index (Phi) is 7.37. The molecule has 0 saturated heterocycles. The first-order chi connectivity index (χ1) is 18.0. The highest BCUT2D eigenvalue weighted by Crippen LogP contribution is 2.38. The van der Waals surface area contributed by atoms with Crippen LogP contribution in [0.2, 0.25) is 0 Å². The van der Waals surface area contributed by atoms with Gasteiger partial charge in [0.25, 0.3) is 5.69 Å². The van der Waals surface area contributed by atoms with E-state index in [4.69, 9.17) is 4.99 Å². The second kappa shape index (κ2) is 10.5. The molecule has 0 fully saturated rings. The molecule has 1 aliphatic rings. The van der Waals surface area contributed by atoms with E-state index in [1.807, 2.05) is 6.07 Å². The van der Waals surface area contributed by atoms with Gasteiger partial charge in [-0.05, 0) is 35.9 Å². The van der Waals surface area contributed by atoms with Crippen LogP contribution in [0.3, 0.4) is 0 Å². The molecule has 12 heteroatoms. The van der Waals surface area contributed by atoms with Crippen molar-refractivity contribution in [3.05, 3.63) is 94.0 Å². The molecule has 1 N–H and O–H groups in total. The molecule has 0 aliphatic carbocycles. The van der Waals surface area contributed by atoms with Gasteiger partial charge in [-0.2, -0.15) is 4.31 Å². The van der Waals surface area contributed by atoms with Crippen LogP contribution in [0.15, 0.2) is 82.7 Å². The minimum Gasteiger partial charge on any atom is -0.348 e. The molecule has 38 heavy (non-hydrogen) atoms. The quantitative estimate of drug-likeness (QED) is 0.267. The maximum Gasteiger partial charge on any atom is 0.269 e. The van der Waals surface area contributed by atoms with Crippen LogP contribution in [0.25, 0.3) is 0 Å². The van der Waals surface area contributed by atoms with E-state index in [0.717, 1.165) is 4.31 Å². The molecule has 196 valence electrons. The van der Waals surface area contributed by atoms with Gasteiger partial charge in [0.05, 0.1) is 27.8 Å². The Hall–Kier alpha value is -4.42. The summed E-state index contributed by atoms with van der Waals surface area (Å²) in [6, 6.07) is 18.9. The van der Waals surface area contributed by atoms with Crippen molar-refractivity contribution in [1.82, 2.24) is 9.21 Å². The molecule has 0 saturated carbocycles. The Bertz CT molecular complexity index is 1540. The van der Waals surface area contributed by atoms with Crippen LogP contribution in [0.1, 0.15) is 17.0 Å². The maximum absolute atomic E-state index is 13.0. The number of nitro groups is 1. The van der Waals surface area contributed by atoms with Gasteiger partial charge in [-0.3, -0.25) is 24.7 Å². The fourth-order valence-corrected chi connectivity index (χ4v) is 5.09. The number of nitrogens with one attached hydrogen (secondary N) is 1. The monoisotopic (exact) mass is 535 g/mol. The van der Waals surface area contributed by atoms with E-state index in [9.17, 15) is 28.1 Å². The summed E-state index contributed by atoms with van der Waals surface area (Å²) in [6.07, 6.45) is 0. The number of aliphatic imine (C=N–C) groups is 1. The first kappa shape index (κ1) is 26.6. The molecular weight excluding hydrogens is 510 g/mol. The lowest BCUT2D eigenvalue weighted by Gasteiger charge is -2.19. The molecule has 0 spiro atoms. The van der Waals surface area contributed by atoms with Crippen molar-refractivity contribution in [1.29, 1.82) is 0 Å². The third-order valence-electron chi connectivity index (χ3n) is 6.07. The normalized spacial score (nSPS) is 15.2. The first-order valence-electron chi connectivity index (χ1n) is 11.5. The van der Waals surface area contributed by atoms with E-state index >= 15 is 0 Å². The zero-order valence-electron chi connectivity index (χ0n) is 20.9. The number of rotatable bonds is 8. The maximum atomic E-state index is 13.0. The largest absolute Gasteiger partial charge is 0.348 e. The number of sulfonamides is 1. The number of nitrogens with zero attached hydrogens (tertiary/aromatic N) is 4. The Morgan fingerprint density at radius 3 is 2.29 bits per heavy atom. The number of hydrogen-bond acceptors (Lipinski definition) is 7. The molecule has 3 aromatic rings. The minimum absolute atomic E-state index is 0.0219. The van der Waals surface area contributed by atoms with Gasteiger partial charge in [0.2, 0.25) is 21.8 Å². The second-order valence-corrected chi connectivity index (χ2v) is 10.9. The standard InChI is InChI=1S/C26H25N5O6S/c1-29(2)23(32)16-30(3)38(36,37)20-12-9-18(10-13-20)27-25(17-7-5-4-6-8-17)24-21-15-19(31(34)35)11-14-22(21)28-26(24)33/h4-15,24H,16H2,1-3H3,(H,28,33). The highest BCUT2D eigenvalue weighted by Gasteiger charge is 2.36. The summed E-state index contributed by atoms with van der Waals surface area (Å²) in [5, 5.41) is 14.1. The van der Waals surface area contributed by atoms with Crippen molar-refractivity contribution >= 4 is 44.6 Å². The topological polar surface area (TPSA) is 142 Å². The average Bonchev–Trinajstić information content (AvgIpc) is 3.22. The second-order valence-electron chi connectivity index (χ2n) is 8.86. The van der Waals surface area contributed by atoms with Gasteiger partial charge in [-0.15, -0.1) is 0 Å². The van der Waals surface area contributed by atoms with Gasteiger partial charge in [-0.1, -0.05) is 30.3 Å². The lowest BCUT2D eigenvalue weighted by atomic mass is 9.90. The lowest BCUT2D eigenvalue weighted by molar-refractivity contribution is -0.384. The van der Waals surface area contributed by atoms with Crippen LogP contribution >= 0.6 is 0 Å². The van der Waals surface area contributed by atoms with Crippen LogP contribution in [-0.2, 0) is 19.6 Å². The number of anilines is 1. The first-order valence-corrected chi connectivity index (χ1v) is 12.9. The van der Waals surface area contributed by atoms with Crippen molar-refractivity contribution in [3.8, 4) is 0 Å². The molecule has 11 nitrogen and oxygen atoms in total. The molecular formula is C26H25N5O6S. The summed E-state index contributed by atoms with van der Waals surface area (Å²) in [6.45, 7) is -0.310. The van der Waals surface area contributed by atoms with E-state index in [1.54, 1.807) is 38.4 Å². The summed E-state index contributed by atoms with van der Waals surface area (Å²) in [4.78, 5) is 41.8. The van der Waals surface area contributed by atoms with Gasteiger partial charge < -0.3 is 10.2 Å². The smallest absolute Gasteiger partial charge is 0.269 e. The van der Waals surface area contributed by atoms with Crippen LogP contribution in [0.5, 0.6) is 0 Å². The number of benzene rings is 3. The Morgan fingerprint density at radius 1 is 1.03 bits per heavy atom. The number of amides is 2. The summed E-state index contributed by atoms with van der Waals surface area (Å²) in [5.74, 6) is -1.66. The fraction of sp³-hybridized carbons (Fsp3) is 0.192. The van der Waals surface area contributed by atoms with Crippen molar-refractivity contribution in [2.75, 3.05) is 33.0 Å². The minimum atomic E-state index is -3.93. The number of carbonyl (C=O) groups excluding carboxylic acids is 2. The van der Waals surface area contributed by atoms with E-state index in [2.05, 4.69) is 5.32 Å². The number of nitro benzene ring substituents is 1. The molecule has 1 heterocycles. The zero-order chi connectivity index (χ0) is 27.6. The van der Waals surface area contributed by atoms with Gasteiger partial charge in [0.1, 0.15) is 5.92 Å². The number of fused-ring (bicyclic) bond motifs is 1. The predicted molar refractivity (Wildman–Crippen MR) is 142 cm³/mol. The molecule has 4 rings (SSSR count). The molecule has 2 amide bonds. The third kappa shape index (κ3) is 5.31. The summed E-state index contributed by atoms with van der Waals surface area (Å²) in [7, 11) is 0.478. The molecule has 0 radical (unpaired) electrons. The average molecular weight is 536 g/mol. The molecule has 0 bridgehead atoms. The molecule has 1 aliphatic heterocycles. The van der Waals surface area contributed by atoms with Crippen molar-refractivity contribution in [2.24, 2.45) is 4.99 Å². The zero-order valence-corrected chi connectivity index (χ0v) is 21.7. The molecule has 0 aromatic heterocycles. The SMILES string of the molecule is CN(C)C(=O)CN(C)S(=O)(=O)c1ccc(N=C(c2ccccc2)C2C(=O)Nc3ccc([N+](=O)[O-])cc32)cc1. The molecule has 3 aromatic carbocycles. The van der Waals surface area contributed by atoms with Crippen LogP contribution in [0.4, 0.5) is 17.1 Å². The van der Waals surface area contributed by atoms with Crippen molar-refractivity contribution in [3.63, 3.8) is 0 Å². The fourth-order valence-electron chi connectivity index (χ4n) is 3.97. The van der Waals surface area contributed by atoms with Gasteiger partial charge in [0.15, 0.2) is 0 Å². The summed E-state index contributed by atoms with van der Waals surface area (Å²) >= 11 is 0. The van der Waals surface area contributed by atoms with Crippen LogP contribution in [-0.4, -0.2) is 67.8 Å². The molecule has 1 atom stereocenters. The van der Waals surface area contributed by atoms with Gasteiger partial charge in [0, 0.05) is 44.5 Å². The Labute approximate surface area is 219 Å². The number of carbonyl (C=O) groups is 2. The van der Waals surface area contributed by atoms with Crippen molar-refractivity contribution in [2.45, 2.75) is 10.8 Å². The third-order valence-corrected chi connectivity index (χ3v) is 7.89. The Balaban J connectivity index is 1.73. The number of non-ortho nitro benzene ring substituents is 1. The summed E-state index contributed by atoms with van der Waals surface area (Å²) < 4.78 is 26.8. The summed E-state index contributed by atoms with van der Waals surface area (Å²) in [5.41, 5.74) is 2.10. The number of likely N-dealkylation sites (N-methyl/N-ethyl adjacent to an activating group) is 2. The molecule has 1 unspecified atom stereocenters. The number of hydrogen-bond donors (Lipinski definition) is 1. The van der Waals surface area contributed by atoms with Crippen molar-refractivity contribution < 1.29 is 22.9 Å². The lowest BCUT2D eigenvalue weighted by Crippen LogP contribution is -2.37. The van der Waals surface area contributed by atoms with Gasteiger partial charge >= 0.3 is 0 Å². The van der Waals surface area contributed by atoms with E-state index < -0.39 is 20.9 Å². The van der Waals surface area contributed by atoms with Crippen LogP contribution in [0, 0.1) is 10.1 Å². The van der Waals surface area contributed by atoms with Gasteiger partial charge in [-0.25, -0.2) is 8.42 Å². The Morgan fingerprint density at radius 2 is 1.68 bits per heavy atom.